The van der Waals surface area contributed by atoms with Crippen LogP contribution in [-0.4, -0.2) is 5.54 Å². The lowest BCUT2D eigenvalue weighted by molar-refractivity contribution is 0.221. The fourth-order valence-corrected chi connectivity index (χ4v) is 2.91. The normalized spacial score (nSPS) is 19.1. The van der Waals surface area contributed by atoms with E-state index < -0.39 is 0 Å². The van der Waals surface area contributed by atoms with Gasteiger partial charge in [0.1, 0.15) is 5.76 Å². The minimum atomic E-state index is 0.261. The molecular formula is C15H23NO. The van der Waals surface area contributed by atoms with Crippen molar-refractivity contribution in [2.45, 2.75) is 57.5 Å². The maximum atomic E-state index is 5.39. The highest BCUT2D eigenvalue weighted by Gasteiger charge is 2.31. The Labute approximate surface area is 104 Å². The highest BCUT2D eigenvalue weighted by atomic mass is 16.3. The Kier molecular flexibility index (Phi) is 4.06. The zero-order valence-electron chi connectivity index (χ0n) is 10.8. The first-order valence-electron chi connectivity index (χ1n) is 6.62. The smallest absolute Gasteiger partial charge is 0.117 e. The Bertz CT molecular complexity index is 347. The number of nitrogens with one attached hydrogen (secondary N) is 1. The average molecular weight is 233 g/mol. The highest BCUT2D eigenvalue weighted by molar-refractivity contribution is 5.05. The van der Waals surface area contributed by atoms with Crippen LogP contribution in [0.3, 0.4) is 0 Å². The Balaban J connectivity index is 1.97. The zero-order chi connectivity index (χ0) is 12.1. The molecule has 0 radical (unpaired) electrons. The molecule has 1 N–H and O–H groups in total. The van der Waals surface area contributed by atoms with Gasteiger partial charge >= 0.3 is 0 Å². The van der Waals surface area contributed by atoms with Crippen molar-refractivity contribution < 1.29 is 4.42 Å². The molecule has 1 aliphatic carbocycles. The molecule has 0 bridgehead atoms. The lowest BCUT2D eigenvalue weighted by Crippen LogP contribution is -2.46. The molecule has 17 heavy (non-hydrogen) atoms. The van der Waals surface area contributed by atoms with Gasteiger partial charge in [-0.3, -0.25) is 0 Å². The van der Waals surface area contributed by atoms with Crippen LogP contribution in [0.15, 0.2) is 35.0 Å². The number of rotatable bonds is 5. The summed E-state index contributed by atoms with van der Waals surface area (Å²) in [6, 6.07) is 3.98. The lowest BCUT2D eigenvalue weighted by atomic mass is 9.77. The average Bonchev–Trinajstić information content (AvgIpc) is 2.80. The van der Waals surface area contributed by atoms with Crippen LogP contribution in [0.25, 0.3) is 0 Å². The molecule has 0 spiro atoms. The van der Waals surface area contributed by atoms with Crippen molar-refractivity contribution in [1.82, 2.24) is 5.32 Å². The third-order valence-electron chi connectivity index (χ3n) is 3.67. The van der Waals surface area contributed by atoms with Gasteiger partial charge in [0.2, 0.25) is 0 Å². The minimum absolute atomic E-state index is 0.261. The fraction of sp³-hybridized carbons (Fsp3) is 0.600. The maximum absolute atomic E-state index is 5.39. The van der Waals surface area contributed by atoms with Gasteiger partial charge in [-0.05, 0) is 38.3 Å². The Morgan fingerprint density at radius 1 is 1.41 bits per heavy atom. The van der Waals surface area contributed by atoms with Gasteiger partial charge in [0.15, 0.2) is 0 Å². The van der Waals surface area contributed by atoms with E-state index in [1.54, 1.807) is 6.26 Å². The molecule has 1 fully saturated rings. The molecule has 2 heteroatoms. The molecule has 1 heterocycles. The van der Waals surface area contributed by atoms with Gasteiger partial charge in [-0.15, -0.1) is 6.58 Å². The van der Waals surface area contributed by atoms with Crippen LogP contribution in [0.1, 0.15) is 51.2 Å². The quantitative estimate of drug-likeness (QED) is 0.776. The van der Waals surface area contributed by atoms with Gasteiger partial charge in [0.25, 0.3) is 0 Å². The Morgan fingerprint density at radius 2 is 2.18 bits per heavy atom. The summed E-state index contributed by atoms with van der Waals surface area (Å²) in [5.41, 5.74) is 1.54. The Morgan fingerprint density at radius 3 is 2.76 bits per heavy atom. The first-order chi connectivity index (χ1) is 8.20. The van der Waals surface area contributed by atoms with Crippen molar-refractivity contribution in [1.29, 1.82) is 0 Å². The molecule has 1 aliphatic rings. The largest absolute Gasteiger partial charge is 0.468 e. The van der Waals surface area contributed by atoms with E-state index in [1.165, 1.54) is 37.7 Å². The summed E-state index contributed by atoms with van der Waals surface area (Å²) in [5.74, 6) is 1.02. The van der Waals surface area contributed by atoms with Crippen LogP contribution < -0.4 is 5.32 Å². The fourth-order valence-electron chi connectivity index (χ4n) is 2.91. The van der Waals surface area contributed by atoms with Crippen LogP contribution in [0.5, 0.6) is 0 Å². The summed E-state index contributed by atoms with van der Waals surface area (Å²) in [6.07, 6.45) is 9.40. The Hall–Kier alpha value is -1.02. The summed E-state index contributed by atoms with van der Waals surface area (Å²) in [5, 5.41) is 3.71. The minimum Gasteiger partial charge on any atom is -0.468 e. The van der Waals surface area contributed by atoms with Crippen LogP contribution in [0, 0.1) is 0 Å². The molecule has 0 unspecified atom stereocenters. The van der Waals surface area contributed by atoms with Crippen LogP contribution in [-0.2, 0) is 6.54 Å². The zero-order valence-corrected chi connectivity index (χ0v) is 10.8. The highest BCUT2D eigenvalue weighted by Crippen LogP contribution is 2.33. The molecule has 94 valence electrons. The summed E-state index contributed by atoms with van der Waals surface area (Å²) >= 11 is 0. The van der Waals surface area contributed by atoms with Gasteiger partial charge in [0.05, 0.1) is 12.8 Å². The number of furan rings is 1. The molecule has 0 saturated heterocycles. The van der Waals surface area contributed by atoms with Crippen molar-refractivity contribution in [2.24, 2.45) is 0 Å². The first-order valence-corrected chi connectivity index (χ1v) is 6.62. The van der Waals surface area contributed by atoms with Crippen molar-refractivity contribution >= 4 is 0 Å². The van der Waals surface area contributed by atoms with Crippen molar-refractivity contribution in [3.63, 3.8) is 0 Å². The molecule has 0 aromatic carbocycles. The topological polar surface area (TPSA) is 25.2 Å². The van der Waals surface area contributed by atoms with Crippen molar-refractivity contribution in [3.8, 4) is 0 Å². The summed E-state index contributed by atoms with van der Waals surface area (Å²) in [6.45, 7) is 7.04. The lowest BCUT2D eigenvalue weighted by Gasteiger charge is -2.38. The number of hydrogen-bond acceptors (Lipinski definition) is 2. The van der Waals surface area contributed by atoms with Gasteiger partial charge in [-0.25, -0.2) is 0 Å². The third-order valence-corrected chi connectivity index (χ3v) is 3.67. The molecule has 1 saturated carbocycles. The van der Waals surface area contributed by atoms with Gasteiger partial charge in [-0.1, -0.05) is 24.8 Å². The van der Waals surface area contributed by atoms with Crippen LogP contribution in [0.4, 0.5) is 0 Å². The second-order valence-corrected chi connectivity index (χ2v) is 5.41. The summed E-state index contributed by atoms with van der Waals surface area (Å²) < 4.78 is 5.39. The predicted molar refractivity (Wildman–Crippen MR) is 70.8 cm³/mol. The molecule has 0 atom stereocenters. The third kappa shape index (κ3) is 3.47. The molecule has 1 aromatic rings. The van der Waals surface area contributed by atoms with Crippen molar-refractivity contribution in [2.75, 3.05) is 0 Å². The van der Waals surface area contributed by atoms with E-state index in [4.69, 9.17) is 4.42 Å². The van der Waals surface area contributed by atoms with E-state index in [-0.39, 0.29) is 5.54 Å². The summed E-state index contributed by atoms with van der Waals surface area (Å²) in [7, 11) is 0. The first kappa shape index (κ1) is 12.4. The second kappa shape index (κ2) is 5.54. The molecule has 1 aromatic heterocycles. The van der Waals surface area contributed by atoms with E-state index in [2.05, 4.69) is 18.8 Å². The van der Waals surface area contributed by atoms with Gasteiger partial charge in [0, 0.05) is 5.54 Å². The predicted octanol–water partition coefficient (Wildman–Crippen LogP) is 4.04. The van der Waals surface area contributed by atoms with E-state index in [0.717, 1.165) is 18.7 Å². The molecule has 0 aliphatic heterocycles. The van der Waals surface area contributed by atoms with Gasteiger partial charge in [-0.2, -0.15) is 0 Å². The molecule has 0 amide bonds. The SMILES string of the molecule is C=C(C)CC1(NCc2ccco2)CCCCC1. The van der Waals surface area contributed by atoms with Gasteiger partial charge < -0.3 is 9.73 Å². The standard InChI is InChI=1S/C15H23NO/c1-13(2)11-15(8-4-3-5-9-15)16-12-14-7-6-10-17-14/h6-7,10,16H,1,3-5,8-9,11-12H2,2H3. The van der Waals surface area contributed by atoms with E-state index in [1.807, 2.05) is 12.1 Å². The number of hydrogen-bond donors (Lipinski definition) is 1. The van der Waals surface area contributed by atoms with Crippen LogP contribution >= 0.6 is 0 Å². The van der Waals surface area contributed by atoms with E-state index in [9.17, 15) is 0 Å². The molecule has 2 nitrogen and oxygen atoms in total. The van der Waals surface area contributed by atoms with E-state index in [0.29, 0.717) is 0 Å². The monoisotopic (exact) mass is 233 g/mol. The summed E-state index contributed by atoms with van der Waals surface area (Å²) in [4.78, 5) is 0. The maximum Gasteiger partial charge on any atom is 0.117 e. The van der Waals surface area contributed by atoms with Crippen LogP contribution in [0.2, 0.25) is 0 Å². The molecular weight excluding hydrogens is 210 g/mol. The van der Waals surface area contributed by atoms with E-state index >= 15 is 0 Å². The van der Waals surface area contributed by atoms with Crippen molar-refractivity contribution in [3.05, 3.63) is 36.3 Å². The second-order valence-electron chi connectivity index (χ2n) is 5.41. The molecule has 2 rings (SSSR count).